The number of benzene rings is 2. The number of unbranched alkanes of at least 4 members (excludes halogenated alkanes) is 2. The number of phenolic OH excluding ortho intramolecular Hbond substituents is 2. The van der Waals surface area contributed by atoms with E-state index in [0.717, 1.165) is 37.8 Å². The zero-order chi connectivity index (χ0) is 22.7. The molecule has 0 aliphatic carbocycles. The molecule has 2 aromatic rings. The first-order chi connectivity index (χ1) is 14.7. The van der Waals surface area contributed by atoms with E-state index < -0.39 is 16.6 Å². The average Bonchev–Trinajstić information content (AvgIpc) is 2.66. The van der Waals surface area contributed by atoms with Crippen LogP contribution in [0.3, 0.4) is 0 Å². The highest BCUT2D eigenvalue weighted by Gasteiger charge is 2.32. The van der Waals surface area contributed by atoms with E-state index in [9.17, 15) is 10.2 Å². The van der Waals surface area contributed by atoms with Gasteiger partial charge in [-0.05, 0) is 75.4 Å². The molecule has 0 atom stereocenters. The summed E-state index contributed by atoms with van der Waals surface area (Å²) in [5.74, 6) is 1.90. The minimum absolute atomic E-state index is 0.234. The van der Waals surface area contributed by atoms with Gasteiger partial charge in [0.05, 0.1) is 13.2 Å². The summed E-state index contributed by atoms with van der Waals surface area (Å²) in [4.78, 5) is 0. The van der Waals surface area contributed by atoms with Crippen LogP contribution >= 0.6 is 0 Å². The molecule has 0 saturated carbocycles. The zero-order valence-electron chi connectivity index (χ0n) is 19.4. The Morgan fingerprint density at radius 3 is 1.45 bits per heavy atom. The smallest absolute Gasteiger partial charge is 0.173 e. The molecule has 5 nitrogen and oxygen atoms in total. The van der Waals surface area contributed by atoms with E-state index in [-0.39, 0.29) is 11.5 Å². The number of aromatic hydroxyl groups is 2. The van der Waals surface area contributed by atoms with Gasteiger partial charge in [-0.3, -0.25) is 0 Å². The Bertz CT molecular complexity index is 730. The fourth-order valence-electron chi connectivity index (χ4n) is 3.68. The molecule has 7 heteroatoms. The Morgan fingerprint density at radius 1 is 0.645 bits per heavy atom. The molecular formula is C24H38O5Si2. The lowest BCUT2D eigenvalue weighted by molar-refractivity contribution is 0.306. The second kappa shape index (κ2) is 12.2. The lowest BCUT2D eigenvalue weighted by atomic mass is 10.3. The van der Waals surface area contributed by atoms with Crippen LogP contribution in [-0.2, 0) is 4.12 Å². The molecule has 0 aliphatic rings. The predicted molar refractivity (Wildman–Crippen MR) is 131 cm³/mol. The molecule has 172 valence electrons. The molecular weight excluding hydrogens is 424 g/mol. The van der Waals surface area contributed by atoms with E-state index >= 15 is 0 Å². The van der Waals surface area contributed by atoms with Gasteiger partial charge in [-0.1, -0.05) is 25.0 Å². The Morgan fingerprint density at radius 2 is 1.06 bits per heavy atom. The topological polar surface area (TPSA) is 68.2 Å². The molecule has 0 bridgehead atoms. The molecule has 0 aromatic heterocycles. The van der Waals surface area contributed by atoms with Crippen LogP contribution in [0.25, 0.3) is 0 Å². The molecule has 0 aliphatic heterocycles. The highest BCUT2D eigenvalue weighted by atomic mass is 28.4. The van der Waals surface area contributed by atoms with Crippen molar-refractivity contribution in [1.82, 2.24) is 0 Å². The molecule has 2 N–H and O–H groups in total. The van der Waals surface area contributed by atoms with Crippen LogP contribution in [0.1, 0.15) is 25.7 Å². The van der Waals surface area contributed by atoms with Gasteiger partial charge in [0.15, 0.2) is 16.6 Å². The third kappa shape index (κ3) is 10.8. The van der Waals surface area contributed by atoms with Gasteiger partial charge in [-0.25, -0.2) is 0 Å². The Kier molecular flexibility index (Phi) is 9.93. The molecule has 0 radical (unpaired) electrons. The summed E-state index contributed by atoms with van der Waals surface area (Å²) in [6.45, 7) is 10.6. The fraction of sp³-hybridized carbons (Fsp3) is 0.500. The van der Waals surface area contributed by atoms with E-state index in [1.54, 1.807) is 36.4 Å². The van der Waals surface area contributed by atoms with Crippen molar-refractivity contribution in [3.63, 3.8) is 0 Å². The van der Waals surface area contributed by atoms with E-state index in [1.165, 1.54) is 0 Å². The van der Waals surface area contributed by atoms with E-state index in [1.807, 2.05) is 12.1 Å². The third-order valence-corrected chi connectivity index (χ3v) is 12.6. The minimum Gasteiger partial charge on any atom is -0.508 e. The molecule has 0 amide bonds. The summed E-state index contributed by atoms with van der Waals surface area (Å²) in [7, 11) is -3.39. The van der Waals surface area contributed by atoms with Crippen molar-refractivity contribution in [2.45, 2.75) is 64.0 Å². The van der Waals surface area contributed by atoms with Crippen LogP contribution in [0.5, 0.6) is 23.0 Å². The maximum Gasteiger partial charge on any atom is 0.173 e. The second-order valence-electron chi connectivity index (χ2n) is 9.23. The van der Waals surface area contributed by atoms with Crippen LogP contribution in [0, 0.1) is 0 Å². The first-order valence-electron chi connectivity index (χ1n) is 11.2. The van der Waals surface area contributed by atoms with E-state index in [0.29, 0.717) is 24.7 Å². The van der Waals surface area contributed by atoms with Crippen molar-refractivity contribution in [2.24, 2.45) is 0 Å². The summed E-state index contributed by atoms with van der Waals surface area (Å²) >= 11 is 0. The van der Waals surface area contributed by atoms with Gasteiger partial charge < -0.3 is 23.8 Å². The zero-order valence-corrected chi connectivity index (χ0v) is 21.4. The number of phenols is 2. The summed E-state index contributed by atoms with van der Waals surface area (Å²) in [5.41, 5.74) is 0. The standard InChI is InChI=1S/C24H38O5Si2/c1-30(2,17-7-5-15-27-23-13-9-11-21(25)19-23)29-31(3,4)18-8-6-16-28-24-14-10-12-22(26)20-24/h9-14,19-20,25-26H,5-8,15-18H2,1-4H3. The van der Waals surface area contributed by atoms with Gasteiger partial charge in [0.25, 0.3) is 0 Å². The van der Waals surface area contributed by atoms with E-state index in [4.69, 9.17) is 13.6 Å². The first kappa shape index (κ1) is 25.3. The first-order valence-corrected chi connectivity index (χ1v) is 17.4. The summed E-state index contributed by atoms with van der Waals surface area (Å²) in [5, 5.41) is 19.0. The maximum absolute atomic E-state index is 9.48. The Balaban J connectivity index is 1.59. The molecule has 31 heavy (non-hydrogen) atoms. The molecule has 0 unspecified atom stereocenters. The van der Waals surface area contributed by atoms with Crippen LogP contribution in [0.2, 0.25) is 38.3 Å². The quantitative estimate of drug-likeness (QED) is 0.246. The monoisotopic (exact) mass is 462 g/mol. The summed E-state index contributed by atoms with van der Waals surface area (Å²) in [6.07, 6.45) is 4.17. The largest absolute Gasteiger partial charge is 0.508 e. The molecule has 0 fully saturated rings. The SMILES string of the molecule is C[Si](C)(CCCCOc1cccc(O)c1)O[Si](C)(C)CCCCOc1cccc(O)c1. The third-order valence-electron chi connectivity index (χ3n) is 5.07. The van der Waals surface area contributed by atoms with Gasteiger partial charge in [-0.15, -0.1) is 0 Å². The van der Waals surface area contributed by atoms with Gasteiger partial charge >= 0.3 is 0 Å². The highest BCUT2D eigenvalue weighted by Crippen LogP contribution is 2.25. The van der Waals surface area contributed by atoms with Gasteiger partial charge in [-0.2, -0.15) is 0 Å². The number of hydrogen-bond acceptors (Lipinski definition) is 5. The Hall–Kier alpha value is -1.97. The molecule has 0 heterocycles. The van der Waals surface area contributed by atoms with Gasteiger partial charge in [0, 0.05) is 12.1 Å². The lowest BCUT2D eigenvalue weighted by Gasteiger charge is -2.34. The maximum atomic E-state index is 9.48. The van der Waals surface area contributed by atoms with Crippen molar-refractivity contribution >= 4 is 16.6 Å². The van der Waals surface area contributed by atoms with Crippen molar-refractivity contribution in [3.8, 4) is 23.0 Å². The summed E-state index contributed by atoms with van der Waals surface area (Å²) in [6, 6.07) is 16.2. The number of hydrogen-bond donors (Lipinski definition) is 2. The second-order valence-corrected chi connectivity index (χ2v) is 18.1. The molecule has 0 spiro atoms. The predicted octanol–water partition coefficient (Wildman–Crippen LogP) is 6.54. The normalized spacial score (nSPS) is 12.0. The average molecular weight is 463 g/mol. The van der Waals surface area contributed by atoms with Gasteiger partial charge in [0.1, 0.15) is 23.0 Å². The Labute approximate surface area is 189 Å². The van der Waals surface area contributed by atoms with Crippen molar-refractivity contribution in [3.05, 3.63) is 48.5 Å². The molecule has 0 saturated heterocycles. The highest BCUT2D eigenvalue weighted by molar-refractivity contribution is 6.84. The van der Waals surface area contributed by atoms with Crippen molar-refractivity contribution < 1.29 is 23.8 Å². The minimum atomic E-state index is -1.70. The van der Waals surface area contributed by atoms with Gasteiger partial charge in [0.2, 0.25) is 0 Å². The van der Waals surface area contributed by atoms with Crippen molar-refractivity contribution in [2.75, 3.05) is 13.2 Å². The number of rotatable bonds is 14. The van der Waals surface area contributed by atoms with Crippen LogP contribution < -0.4 is 9.47 Å². The lowest BCUT2D eigenvalue weighted by Crippen LogP contribution is -2.44. The van der Waals surface area contributed by atoms with Crippen LogP contribution in [-0.4, -0.2) is 40.1 Å². The molecule has 2 rings (SSSR count). The number of ether oxygens (including phenoxy) is 2. The molecule has 2 aromatic carbocycles. The summed E-state index contributed by atoms with van der Waals surface area (Å²) < 4.78 is 18.1. The van der Waals surface area contributed by atoms with Crippen LogP contribution in [0.15, 0.2) is 48.5 Å². The van der Waals surface area contributed by atoms with E-state index in [2.05, 4.69) is 26.2 Å². The van der Waals surface area contributed by atoms with Crippen LogP contribution in [0.4, 0.5) is 0 Å². The van der Waals surface area contributed by atoms with Crippen molar-refractivity contribution in [1.29, 1.82) is 0 Å². The fourth-order valence-corrected chi connectivity index (χ4v) is 12.7.